The number of benzene rings is 3. The van der Waals surface area contributed by atoms with Gasteiger partial charge in [-0.1, -0.05) is 44.0 Å². The van der Waals surface area contributed by atoms with Crippen molar-refractivity contribution in [1.82, 2.24) is 9.96 Å². The highest BCUT2D eigenvalue weighted by Crippen LogP contribution is 2.40. The molecule has 8 heteroatoms. The molecule has 2 heterocycles. The molecule has 3 aromatic rings. The van der Waals surface area contributed by atoms with Crippen LogP contribution in [0.1, 0.15) is 71.9 Å². The predicted molar refractivity (Wildman–Crippen MR) is 162 cm³/mol. The number of anilines is 1. The van der Waals surface area contributed by atoms with Gasteiger partial charge in [0.25, 0.3) is 0 Å². The molecule has 1 saturated carbocycles. The first-order chi connectivity index (χ1) is 20.9. The summed E-state index contributed by atoms with van der Waals surface area (Å²) in [6.07, 6.45) is 4.03. The molecule has 6 nitrogen and oxygen atoms in total. The fourth-order valence-corrected chi connectivity index (χ4v) is 6.75. The Morgan fingerprint density at radius 1 is 1.00 bits per heavy atom. The summed E-state index contributed by atoms with van der Waals surface area (Å²) >= 11 is 0. The van der Waals surface area contributed by atoms with Crippen LogP contribution in [0.5, 0.6) is 5.75 Å². The molecule has 0 amide bonds. The number of halogens is 2. The van der Waals surface area contributed by atoms with E-state index in [1.165, 1.54) is 0 Å². The Labute approximate surface area is 253 Å². The van der Waals surface area contributed by atoms with Crippen LogP contribution in [0.4, 0.5) is 14.5 Å². The molecule has 43 heavy (non-hydrogen) atoms. The largest absolute Gasteiger partial charge is 0.488 e. The summed E-state index contributed by atoms with van der Waals surface area (Å²) in [5, 5.41) is 11.5. The van der Waals surface area contributed by atoms with Gasteiger partial charge in [0, 0.05) is 56.5 Å². The molecule has 0 N–H and O–H groups in total. The Balaban J connectivity index is 1.06. The molecule has 0 atom stereocenters. The Bertz CT molecular complexity index is 1490. The third-order valence-corrected chi connectivity index (χ3v) is 9.38. The monoisotopic (exact) mass is 586 g/mol. The zero-order valence-electron chi connectivity index (χ0n) is 25.1. The van der Waals surface area contributed by atoms with Crippen LogP contribution in [0.2, 0.25) is 0 Å². The summed E-state index contributed by atoms with van der Waals surface area (Å²) in [6, 6.07) is 17.1. The minimum atomic E-state index is -0.273. The number of hydroxylamine groups is 2. The molecule has 2 fully saturated rings. The van der Waals surface area contributed by atoms with Crippen molar-refractivity contribution in [2.24, 2.45) is 5.92 Å². The third-order valence-electron chi connectivity index (χ3n) is 9.38. The minimum absolute atomic E-state index is 0.115. The average Bonchev–Trinajstić information content (AvgIpc) is 3.01. The van der Waals surface area contributed by atoms with Gasteiger partial charge in [-0.05, 0) is 60.1 Å². The zero-order chi connectivity index (χ0) is 29.9. The standard InChI is InChI=1S/C35H40F2N4O2/c1-24-6-9-26(10-7-24)34-27(19-38)12-13-32(35(34)37)41-16-14-40(15-17-41)20-25-8-11-29(31(36)18-25)22-42-33-5-3-4-28-23-43-39(2)21-30(28)33/h3-5,8,11-13,18,24,26H,6-7,9-10,14-17,20-23H2,1-2H3. The first-order valence-electron chi connectivity index (χ1n) is 15.4. The Hall–Kier alpha value is -3.51. The van der Waals surface area contributed by atoms with Crippen LogP contribution in [0.3, 0.4) is 0 Å². The second-order valence-electron chi connectivity index (χ2n) is 12.4. The number of hydrogen-bond donors (Lipinski definition) is 0. The van der Waals surface area contributed by atoms with Gasteiger partial charge in [0.05, 0.1) is 30.5 Å². The molecule has 1 aliphatic carbocycles. The quantitative estimate of drug-likeness (QED) is 0.300. The number of ether oxygens (including phenoxy) is 1. The highest BCUT2D eigenvalue weighted by atomic mass is 19.1. The van der Waals surface area contributed by atoms with Gasteiger partial charge in [0.2, 0.25) is 0 Å². The molecule has 226 valence electrons. The van der Waals surface area contributed by atoms with Gasteiger partial charge >= 0.3 is 0 Å². The summed E-state index contributed by atoms with van der Waals surface area (Å²) in [7, 11) is 1.89. The highest BCUT2D eigenvalue weighted by Gasteiger charge is 2.29. The van der Waals surface area contributed by atoms with E-state index >= 15 is 8.78 Å². The number of nitrogens with zero attached hydrogens (tertiary/aromatic N) is 4. The molecule has 6 rings (SSSR count). The maximum absolute atomic E-state index is 15.9. The second kappa shape index (κ2) is 13.0. The molecule has 0 radical (unpaired) electrons. The first-order valence-corrected chi connectivity index (χ1v) is 15.4. The van der Waals surface area contributed by atoms with Crippen molar-refractivity contribution in [3.05, 3.63) is 93.5 Å². The molecule has 0 unspecified atom stereocenters. The SMILES string of the molecule is CC1CCC(c2c(C#N)ccc(N3CCN(Cc4ccc(COc5cccc6c5CN(C)OC6)c(F)c4)CC3)c2F)CC1. The van der Waals surface area contributed by atoms with Crippen molar-refractivity contribution < 1.29 is 18.4 Å². The van der Waals surface area contributed by atoms with E-state index < -0.39 is 0 Å². The Morgan fingerprint density at radius 2 is 1.79 bits per heavy atom. The molecular formula is C35H40F2N4O2. The molecule has 0 aromatic heterocycles. The van der Waals surface area contributed by atoms with Gasteiger partial charge in [-0.2, -0.15) is 10.3 Å². The summed E-state index contributed by atoms with van der Waals surface area (Å²) in [4.78, 5) is 9.94. The lowest BCUT2D eigenvalue weighted by molar-refractivity contribution is -0.168. The van der Waals surface area contributed by atoms with Gasteiger partial charge in [0.15, 0.2) is 5.82 Å². The molecular weight excluding hydrogens is 546 g/mol. The van der Waals surface area contributed by atoms with E-state index in [-0.39, 0.29) is 24.2 Å². The average molecular weight is 587 g/mol. The van der Waals surface area contributed by atoms with E-state index in [0.717, 1.165) is 61.2 Å². The van der Waals surface area contributed by atoms with Crippen molar-refractivity contribution in [1.29, 1.82) is 5.26 Å². The molecule has 1 saturated heterocycles. The number of piperazine rings is 1. The summed E-state index contributed by atoms with van der Waals surface area (Å²) < 4.78 is 37.1. The first kappa shape index (κ1) is 29.6. The molecule has 3 aliphatic rings. The van der Waals surface area contributed by atoms with Gasteiger partial charge in [0.1, 0.15) is 18.2 Å². The van der Waals surface area contributed by atoms with E-state index in [9.17, 15) is 5.26 Å². The fraction of sp³-hybridized carbons (Fsp3) is 0.457. The van der Waals surface area contributed by atoms with E-state index in [2.05, 4.69) is 22.8 Å². The maximum Gasteiger partial charge on any atom is 0.151 e. The van der Waals surface area contributed by atoms with Crippen molar-refractivity contribution in [3.63, 3.8) is 0 Å². The van der Waals surface area contributed by atoms with Gasteiger partial charge in [-0.3, -0.25) is 9.74 Å². The summed E-state index contributed by atoms with van der Waals surface area (Å²) in [5.74, 6) is 1.05. The van der Waals surface area contributed by atoms with Crippen molar-refractivity contribution >= 4 is 5.69 Å². The lowest BCUT2D eigenvalue weighted by Gasteiger charge is -2.37. The third kappa shape index (κ3) is 6.54. The number of nitriles is 1. The summed E-state index contributed by atoms with van der Waals surface area (Å²) in [6.45, 7) is 7.02. The van der Waals surface area contributed by atoms with E-state index in [1.54, 1.807) is 23.3 Å². The minimum Gasteiger partial charge on any atom is -0.488 e. The Morgan fingerprint density at radius 3 is 2.53 bits per heavy atom. The van der Waals surface area contributed by atoms with Gasteiger partial charge < -0.3 is 9.64 Å². The number of rotatable bonds is 7. The van der Waals surface area contributed by atoms with Crippen LogP contribution in [-0.4, -0.2) is 43.2 Å². The lowest BCUT2D eigenvalue weighted by atomic mass is 9.78. The van der Waals surface area contributed by atoms with Crippen molar-refractivity contribution in [2.45, 2.75) is 64.8 Å². The predicted octanol–water partition coefficient (Wildman–Crippen LogP) is 6.91. The van der Waals surface area contributed by atoms with Crippen molar-refractivity contribution in [3.8, 4) is 11.8 Å². The van der Waals surface area contributed by atoms with E-state index in [0.29, 0.717) is 61.1 Å². The number of fused-ring (bicyclic) bond motifs is 1. The van der Waals surface area contributed by atoms with Crippen molar-refractivity contribution in [2.75, 3.05) is 38.1 Å². The van der Waals surface area contributed by atoms with Crippen LogP contribution in [0.15, 0.2) is 48.5 Å². The fourth-order valence-electron chi connectivity index (χ4n) is 6.75. The highest BCUT2D eigenvalue weighted by molar-refractivity contribution is 5.57. The Kier molecular flexibility index (Phi) is 8.94. The van der Waals surface area contributed by atoms with Gasteiger partial charge in [-0.25, -0.2) is 8.78 Å². The van der Waals surface area contributed by atoms with E-state index in [4.69, 9.17) is 9.57 Å². The summed E-state index contributed by atoms with van der Waals surface area (Å²) in [5.41, 5.74) is 5.28. The normalized spacial score (nSPS) is 21.3. The van der Waals surface area contributed by atoms with E-state index in [1.807, 2.05) is 37.4 Å². The lowest BCUT2D eigenvalue weighted by Crippen LogP contribution is -2.46. The molecule has 3 aromatic carbocycles. The number of hydrogen-bond acceptors (Lipinski definition) is 6. The van der Waals surface area contributed by atoms with Crippen LogP contribution in [0, 0.1) is 28.9 Å². The maximum atomic E-state index is 15.9. The van der Waals surface area contributed by atoms with Crippen LogP contribution in [0.25, 0.3) is 0 Å². The second-order valence-corrected chi connectivity index (χ2v) is 12.4. The molecule has 0 spiro atoms. The van der Waals surface area contributed by atoms with Crippen LogP contribution in [-0.2, 0) is 31.1 Å². The molecule has 0 bridgehead atoms. The molecule has 2 aliphatic heterocycles. The van der Waals surface area contributed by atoms with Gasteiger partial charge in [-0.15, -0.1) is 0 Å². The smallest absolute Gasteiger partial charge is 0.151 e. The topological polar surface area (TPSA) is 52.0 Å². The zero-order valence-corrected chi connectivity index (χ0v) is 25.1. The van der Waals surface area contributed by atoms with Crippen LogP contribution >= 0.6 is 0 Å². The van der Waals surface area contributed by atoms with Crippen LogP contribution < -0.4 is 9.64 Å².